The molecule has 0 aromatic carbocycles. The van der Waals surface area contributed by atoms with Crippen LogP contribution in [0.4, 0.5) is 0 Å². The lowest BCUT2D eigenvalue weighted by Crippen LogP contribution is -2.55. The van der Waals surface area contributed by atoms with E-state index in [1.807, 2.05) is 0 Å². The molecule has 2 N–H and O–H groups in total. The van der Waals surface area contributed by atoms with Crippen molar-refractivity contribution >= 4 is 6.21 Å². The maximum atomic E-state index is 5.78. The van der Waals surface area contributed by atoms with Crippen molar-refractivity contribution in [3.05, 3.63) is 0 Å². The summed E-state index contributed by atoms with van der Waals surface area (Å²) in [7, 11) is 0. The number of nitrogens with zero attached hydrogens (tertiary/aromatic N) is 1. The maximum Gasteiger partial charge on any atom is 0.0555 e. The second-order valence-corrected chi connectivity index (χ2v) is 6.53. The first-order valence-corrected chi connectivity index (χ1v) is 7.29. The van der Waals surface area contributed by atoms with E-state index in [1.165, 1.54) is 0 Å². The van der Waals surface area contributed by atoms with Crippen LogP contribution < -0.4 is 5.73 Å². The molecule has 2 nitrogen and oxygen atoms in total. The van der Waals surface area contributed by atoms with Crippen LogP contribution in [0.15, 0.2) is 4.99 Å². The predicted molar refractivity (Wildman–Crippen MR) is 74.2 cm³/mol. The third kappa shape index (κ3) is 2.16. The number of hydrogen-bond acceptors (Lipinski definition) is 2. The van der Waals surface area contributed by atoms with E-state index >= 15 is 0 Å². The Morgan fingerprint density at radius 2 is 2.06 bits per heavy atom. The summed E-state index contributed by atoms with van der Waals surface area (Å²) in [4.78, 5) is 4.79. The molecule has 17 heavy (non-hydrogen) atoms. The standard InChI is InChI=1S/C15H28N2/c1-9(2)13-10(3)6-8-17-15-11(4)14(13)12(15)5-7-16/h8-15H,5-7,16H2,1-4H3/b17-8-. The van der Waals surface area contributed by atoms with Crippen molar-refractivity contribution in [3.63, 3.8) is 0 Å². The Balaban J connectivity index is 2.24. The summed E-state index contributed by atoms with van der Waals surface area (Å²) in [6.45, 7) is 10.4. The lowest BCUT2D eigenvalue weighted by molar-refractivity contribution is -0.0413. The van der Waals surface area contributed by atoms with Crippen LogP contribution in [-0.4, -0.2) is 18.8 Å². The summed E-state index contributed by atoms with van der Waals surface area (Å²) in [5, 5.41) is 0. The van der Waals surface area contributed by atoms with E-state index in [0.29, 0.717) is 6.04 Å². The molecule has 0 aromatic heterocycles. The zero-order chi connectivity index (χ0) is 12.6. The molecule has 6 atom stereocenters. The molecule has 2 heterocycles. The quantitative estimate of drug-likeness (QED) is 0.804. The Kier molecular flexibility index (Phi) is 3.92. The Morgan fingerprint density at radius 1 is 1.35 bits per heavy atom. The fourth-order valence-electron chi connectivity index (χ4n) is 4.51. The first-order chi connectivity index (χ1) is 8.07. The molecule has 0 amide bonds. The summed E-state index contributed by atoms with van der Waals surface area (Å²) < 4.78 is 0. The number of aliphatic imine (C=N–C) groups is 1. The first kappa shape index (κ1) is 13.1. The van der Waals surface area contributed by atoms with Gasteiger partial charge in [0.1, 0.15) is 0 Å². The highest BCUT2D eigenvalue weighted by Gasteiger charge is 2.52. The van der Waals surface area contributed by atoms with Gasteiger partial charge >= 0.3 is 0 Å². The highest BCUT2D eigenvalue weighted by Crippen LogP contribution is 2.53. The summed E-state index contributed by atoms with van der Waals surface area (Å²) >= 11 is 0. The van der Waals surface area contributed by atoms with Gasteiger partial charge in [0.25, 0.3) is 0 Å². The number of rotatable bonds is 3. The molecule has 0 spiro atoms. The third-order valence-electron chi connectivity index (χ3n) is 5.20. The second-order valence-electron chi connectivity index (χ2n) is 6.53. The van der Waals surface area contributed by atoms with E-state index in [4.69, 9.17) is 10.7 Å². The van der Waals surface area contributed by atoms with Crippen molar-refractivity contribution in [2.45, 2.75) is 46.6 Å². The molecule has 1 fully saturated rings. The Morgan fingerprint density at radius 3 is 2.65 bits per heavy atom. The van der Waals surface area contributed by atoms with Crippen molar-refractivity contribution in [1.29, 1.82) is 0 Å². The van der Waals surface area contributed by atoms with Crippen LogP contribution in [0.25, 0.3) is 0 Å². The molecule has 0 saturated heterocycles. The van der Waals surface area contributed by atoms with Crippen LogP contribution in [0.3, 0.4) is 0 Å². The van der Waals surface area contributed by atoms with E-state index in [-0.39, 0.29) is 0 Å². The highest BCUT2D eigenvalue weighted by molar-refractivity contribution is 5.58. The average Bonchev–Trinajstić information content (AvgIpc) is 2.26. The minimum absolute atomic E-state index is 0.567. The molecule has 1 saturated carbocycles. The van der Waals surface area contributed by atoms with Gasteiger partial charge in [-0.3, -0.25) is 4.99 Å². The summed E-state index contributed by atoms with van der Waals surface area (Å²) in [6.07, 6.45) is 4.52. The third-order valence-corrected chi connectivity index (χ3v) is 5.20. The van der Waals surface area contributed by atoms with E-state index in [1.54, 1.807) is 0 Å². The normalized spacial score (nSPS) is 47.2. The molecule has 3 rings (SSSR count). The molecule has 0 aromatic rings. The van der Waals surface area contributed by atoms with Crippen molar-refractivity contribution in [1.82, 2.24) is 0 Å². The van der Waals surface area contributed by atoms with Gasteiger partial charge < -0.3 is 5.73 Å². The van der Waals surface area contributed by atoms with E-state index in [9.17, 15) is 0 Å². The summed E-state index contributed by atoms with van der Waals surface area (Å²) in [6, 6.07) is 0.567. The molecule has 2 heteroatoms. The van der Waals surface area contributed by atoms with Crippen molar-refractivity contribution in [2.24, 2.45) is 46.2 Å². The molecular weight excluding hydrogens is 208 g/mol. The molecule has 6 unspecified atom stereocenters. The molecule has 2 bridgehead atoms. The van der Waals surface area contributed by atoms with E-state index in [2.05, 4.69) is 33.9 Å². The molecule has 1 aliphatic carbocycles. The van der Waals surface area contributed by atoms with Gasteiger partial charge in [-0.1, -0.05) is 27.7 Å². The SMILES string of the molecule is CC(C)C1C(C)C/C=N\C2C(C)C1C2CCN. The first-order valence-electron chi connectivity index (χ1n) is 7.29. The highest BCUT2D eigenvalue weighted by atomic mass is 14.9. The van der Waals surface area contributed by atoms with Crippen molar-refractivity contribution < 1.29 is 0 Å². The predicted octanol–water partition coefficient (Wildman–Crippen LogP) is 2.97. The van der Waals surface area contributed by atoms with Crippen LogP contribution in [0, 0.1) is 35.5 Å². The molecule has 3 aliphatic rings. The maximum absolute atomic E-state index is 5.78. The smallest absolute Gasteiger partial charge is 0.0555 e. The van der Waals surface area contributed by atoms with E-state index < -0.39 is 0 Å². The number of hydrogen-bond donors (Lipinski definition) is 1. The van der Waals surface area contributed by atoms with Gasteiger partial charge in [0, 0.05) is 0 Å². The van der Waals surface area contributed by atoms with Gasteiger partial charge in [0.05, 0.1) is 6.04 Å². The number of nitrogens with two attached hydrogens (primary N) is 1. The van der Waals surface area contributed by atoms with Crippen LogP contribution in [0.1, 0.15) is 40.5 Å². The van der Waals surface area contributed by atoms with Crippen LogP contribution >= 0.6 is 0 Å². The zero-order valence-corrected chi connectivity index (χ0v) is 11.8. The van der Waals surface area contributed by atoms with Crippen LogP contribution in [0.5, 0.6) is 0 Å². The topological polar surface area (TPSA) is 38.4 Å². The van der Waals surface area contributed by atoms with Crippen molar-refractivity contribution in [2.75, 3.05) is 6.54 Å². The van der Waals surface area contributed by atoms with E-state index in [0.717, 1.165) is 54.9 Å². The second kappa shape index (κ2) is 5.09. The zero-order valence-electron chi connectivity index (χ0n) is 11.8. The van der Waals surface area contributed by atoms with Crippen LogP contribution in [0.2, 0.25) is 0 Å². The lowest BCUT2D eigenvalue weighted by atomic mass is 9.51. The van der Waals surface area contributed by atoms with Gasteiger partial charge in [-0.05, 0) is 61.1 Å². The van der Waals surface area contributed by atoms with Gasteiger partial charge in [-0.2, -0.15) is 0 Å². The molecule has 0 radical (unpaired) electrons. The van der Waals surface area contributed by atoms with Gasteiger partial charge in [-0.15, -0.1) is 0 Å². The molecule has 98 valence electrons. The lowest BCUT2D eigenvalue weighted by Gasteiger charge is -2.56. The van der Waals surface area contributed by atoms with Crippen LogP contribution in [-0.2, 0) is 0 Å². The fourth-order valence-corrected chi connectivity index (χ4v) is 4.51. The average molecular weight is 236 g/mol. The minimum Gasteiger partial charge on any atom is -0.330 e. The van der Waals surface area contributed by atoms with Crippen molar-refractivity contribution in [3.8, 4) is 0 Å². The van der Waals surface area contributed by atoms with Gasteiger partial charge in [-0.25, -0.2) is 0 Å². The minimum atomic E-state index is 0.567. The Bertz CT molecular complexity index is 285. The summed E-state index contributed by atoms with van der Waals surface area (Å²) in [5.74, 6) is 4.78. The largest absolute Gasteiger partial charge is 0.330 e. The van der Waals surface area contributed by atoms with Gasteiger partial charge in [0.15, 0.2) is 0 Å². The molecule has 2 aliphatic heterocycles. The molecular formula is C15H28N2. The Labute approximate surface area is 106 Å². The number of fused-ring (bicyclic) bond motifs is 3. The van der Waals surface area contributed by atoms with Gasteiger partial charge in [0.2, 0.25) is 0 Å². The Hall–Kier alpha value is -0.370. The summed E-state index contributed by atoms with van der Waals surface area (Å²) in [5.41, 5.74) is 5.78. The fraction of sp³-hybridized carbons (Fsp3) is 0.933. The monoisotopic (exact) mass is 236 g/mol.